The molecule has 0 aliphatic heterocycles. The molecule has 0 heterocycles. The third kappa shape index (κ3) is 4.54. The second-order valence-electron chi connectivity index (χ2n) is 5.03. The Morgan fingerprint density at radius 2 is 1.78 bits per heavy atom. The van der Waals surface area contributed by atoms with Crippen molar-refractivity contribution in [2.45, 2.75) is 19.8 Å². The van der Waals surface area contributed by atoms with Crippen LogP contribution >= 0.6 is 0 Å². The summed E-state index contributed by atoms with van der Waals surface area (Å²) in [6, 6.07) is 11.7. The van der Waals surface area contributed by atoms with Crippen molar-refractivity contribution in [2.75, 3.05) is 7.11 Å². The summed E-state index contributed by atoms with van der Waals surface area (Å²) in [6.07, 6.45) is 0.775. The number of nitro benzene ring substituents is 1. The molecule has 0 bridgehead atoms. The molecule has 2 aromatic rings. The number of nitro groups is 1. The van der Waals surface area contributed by atoms with Gasteiger partial charge in [0.1, 0.15) is 11.5 Å². The number of nitrogens with zero attached hydrogens (tertiary/aromatic N) is 1. The molecule has 0 spiro atoms. The van der Waals surface area contributed by atoms with Crippen molar-refractivity contribution in [2.24, 2.45) is 0 Å². The van der Waals surface area contributed by atoms with Crippen LogP contribution in [-0.2, 0) is 11.2 Å². The molecule has 0 N–H and O–H groups in total. The smallest absolute Gasteiger partial charge is 0.311 e. The molecule has 0 saturated heterocycles. The quantitative estimate of drug-likeness (QED) is 0.353. The number of methoxy groups -OCH3 is 1. The highest BCUT2D eigenvalue weighted by atomic mass is 16.6. The van der Waals surface area contributed by atoms with E-state index in [0.29, 0.717) is 17.7 Å². The summed E-state index contributed by atoms with van der Waals surface area (Å²) in [5.74, 6) is 0.694. The summed E-state index contributed by atoms with van der Waals surface area (Å²) in [7, 11) is 1.60. The van der Waals surface area contributed by atoms with E-state index in [4.69, 9.17) is 9.47 Å². The Balaban J connectivity index is 1.91. The highest BCUT2D eigenvalue weighted by Crippen LogP contribution is 2.23. The lowest BCUT2D eigenvalue weighted by Gasteiger charge is -2.06. The van der Waals surface area contributed by atoms with Crippen LogP contribution in [-0.4, -0.2) is 18.0 Å². The van der Waals surface area contributed by atoms with Crippen LogP contribution in [0.3, 0.4) is 0 Å². The lowest BCUT2D eigenvalue weighted by Crippen LogP contribution is -2.09. The molecule has 0 amide bonds. The minimum Gasteiger partial charge on any atom is -0.497 e. The molecule has 2 aromatic carbocycles. The number of hydrogen-bond acceptors (Lipinski definition) is 5. The van der Waals surface area contributed by atoms with Gasteiger partial charge in [0, 0.05) is 18.1 Å². The van der Waals surface area contributed by atoms with Crippen molar-refractivity contribution in [3.8, 4) is 11.5 Å². The number of aryl methyl sites for hydroxylation is 2. The monoisotopic (exact) mass is 315 g/mol. The molecule has 0 radical (unpaired) electrons. The SMILES string of the molecule is COc1ccc(CCC(=O)Oc2ccc([N+](=O)[O-])c(C)c2)cc1. The van der Waals surface area contributed by atoms with Crippen molar-refractivity contribution >= 4 is 11.7 Å². The summed E-state index contributed by atoms with van der Waals surface area (Å²) in [5, 5.41) is 10.7. The molecule has 0 aromatic heterocycles. The first-order valence-corrected chi connectivity index (χ1v) is 7.08. The molecule has 0 aliphatic rings. The van der Waals surface area contributed by atoms with Crippen molar-refractivity contribution in [1.29, 1.82) is 0 Å². The van der Waals surface area contributed by atoms with E-state index in [1.54, 1.807) is 14.0 Å². The molecule has 6 heteroatoms. The van der Waals surface area contributed by atoms with E-state index < -0.39 is 4.92 Å². The van der Waals surface area contributed by atoms with Crippen molar-refractivity contribution in [3.63, 3.8) is 0 Å². The van der Waals surface area contributed by atoms with Crippen LogP contribution in [0.4, 0.5) is 5.69 Å². The number of hydrogen-bond donors (Lipinski definition) is 0. The molecule has 2 rings (SSSR count). The van der Waals surface area contributed by atoms with Gasteiger partial charge in [0.15, 0.2) is 0 Å². The molecule has 0 aliphatic carbocycles. The summed E-state index contributed by atoms with van der Waals surface area (Å²) >= 11 is 0. The van der Waals surface area contributed by atoms with Crippen LogP contribution in [0.5, 0.6) is 11.5 Å². The maximum atomic E-state index is 11.9. The highest BCUT2D eigenvalue weighted by molar-refractivity contribution is 5.73. The number of carbonyl (C=O) groups excluding carboxylic acids is 1. The molecule has 0 saturated carbocycles. The average Bonchev–Trinajstić information content (AvgIpc) is 2.53. The minimum absolute atomic E-state index is 0.00281. The maximum absolute atomic E-state index is 11.9. The predicted octanol–water partition coefficient (Wildman–Crippen LogP) is 3.45. The summed E-state index contributed by atoms with van der Waals surface area (Å²) in [6.45, 7) is 1.60. The number of ether oxygens (including phenoxy) is 2. The predicted molar refractivity (Wildman–Crippen MR) is 84.8 cm³/mol. The molecule has 6 nitrogen and oxygen atoms in total. The van der Waals surface area contributed by atoms with Crippen LogP contribution in [0.25, 0.3) is 0 Å². The Hall–Kier alpha value is -2.89. The zero-order chi connectivity index (χ0) is 16.8. The van der Waals surface area contributed by atoms with Crippen LogP contribution in [0.15, 0.2) is 42.5 Å². The number of rotatable bonds is 6. The number of carbonyl (C=O) groups is 1. The minimum atomic E-state index is -0.468. The molecule has 23 heavy (non-hydrogen) atoms. The van der Waals surface area contributed by atoms with E-state index in [9.17, 15) is 14.9 Å². The summed E-state index contributed by atoms with van der Waals surface area (Å²) < 4.78 is 10.3. The van der Waals surface area contributed by atoms with E-state index in [1.807, 2.05) is 24.3 Å². The van der Waals surface area contributed by atoms with Gasteiger partial charge in [-0.25, -0.2) is 0 Å². The van der Waals surface area contributed by atoms with Crippen molar-refractivity contribution in [1.82, 2.24) is 0 Å². The highest BCUT2D eigenvalue weighted by Gasteiger charge is 2.12. The van der Waals surface area contributed by atoms with Gasteiger partial charge in [-0.1, -0.05) is 12.1 Å². The molecular formula is C17H17NO5. The third-order valence-corrected chi connectivity index (χ3v) is 3.37. The number of esters is 1. The molecular weight excluding hydrogens is 298 g/mol. The Morgan fingerprint density at radius 3 is 2.35 bits per heavy atom. The largest absolute Gasteiger partial charge is 0.497 e. The Bertz CT molecular complexity index is 709. The Morgan fingerprint density at radius 1 is 1.13 bits per heavy atom. The number of benzene rings is 2. The fourth-order valence-corrected chi connectivity index (χ4v) is 2.12. The topological polar surface area (TPSA) is 78.7 Å². The average molecular weight is 315 g/mol. The van der Waals surface area contributed by atoms with Crippen LogP contribution < -0.4 is 9.47 Å². The second kappa shape index (κ2) is 7.40. The standard InChI is InChI=1S/C17H17NO5/c1-12-11-15(8-9-16(12)18(20)21)23-17(19)10-5-13-3-6-14(22-2)7-4-13/h3-4,6-9,11H,5,10H2,1-2H3. The Kier molecular flexibility index (Phi) is 5.30. The van der Waals surface area contributed by atoms with Gasteiger partial charge in [-0.3, -0.25) is 14.9 Å². The van der Waals surface area contributed by atoms with Gasteiger partial charge in [-0.05, 0) is 43.2 Å². The zero-order valence-electron chi connectivity index (χ0n) is 12.9. The normalized spacial score (nSPS) is 10.2. The van der Waals surface area contributed by atoms with Gasteiger partial charge >= 0.3 is 5.97 Å². The van der Waals surface area contributed by atoms with Gasteiger partial charge < -0.3 is 9.47 Å². The van der Waals surface area contributed by atoms with Gasteiger partial charge in [0.25, 0.3) is 5.69 Å². The third-order valence-electron chi connectivity index (χ3n) is 3.37. The van der Waals surface area contributed by atoms with Crippen LogP contribution in [0.1, 0.15) is 17.5 Å². The molecule has 0 atom stereocenters. The van der Waals surface area contributed by atoms with E-state index in [1.165, 1.54) is 18.2 Å². The summed E-state index contributed by atoms with van der Waals surface area (Å²) in [5.41, 5.74) is 1.46. The first-order valence-electron chi connectivity index (χ1n) is 7.08. The van der Waals surface area contributed by atoms with Gasteiger partial charge in [-0.2, -0.15) is 0 Å². The van der Waals surface area contributed by atoms with Gasteiger partial charge in [0.05, 0.1) is 12.0 Å². The van der Waals surface area contributed by atoms with Crippen molar-refractivity contribution < 1.29 is 19.2 Å². The van der Waals surface area contributed by atoms with Crippen molar-refractivity contribution in [3.05, 3.63) is 63.7 Å². The fourth-order valence-electron chi connectivity index (χ4n) is 2.12. The molecule has 0 unspecified atom stereocenters. The maximum Gasteiger partial charge on any atom is 0.311 e. The van der Waals surface area contributed by atoms with Gasteiger partial charge in [-0.15, -0.1) is 0 Å². The summed E-state index contributed by atoms with van der Waals surface area (Å²) in [4.78, 5) is 22.1. The van der Waals surface area contributed by atoms with E-state index >= 15 is 0 Å². The van der Waals surface area contributed by atoms with E-state index in [-0.39, 0.29) is 18.1 Å². The van der Waals surface area contributed by atoms with Crippen LogP contribution in [0.2, 0.25) is 0 Å². The molecule has 120 valence electrons. The first-order chi connectivity index (χ1) is 11.0. The van der Waals surface area contributed by atoms with E-state index in [0.717, 1.165) is 11.3 Å². The Labute approximate surface area is 133 Å². The molecule has 0 fully saturated rings. The lowest BCUT2D eigenvalue weighted by atomic mass is 10.1. The van der Waals surface area contributed by atoms with Crippen LogP contribution in [0, 0.1) is 17.0 Å². The first kappa shape index (κ1) is 16.5. The van der Waals surface area contributed by atoms with E-state index in [2.05, 4.69) is 0 Å². The van der Waals surface area contributed by atoms with Gasteiger partial charge in [0.2, 0.25) is 0 Å². The zero-order valence-corrected chi connectivity index (χ0v) is 12.9. The lowest BCUT2D eigenvalue weighted by molar-refractivity contribution is -0.385. The fraction of sp³-hybridized carbons (Fsp3) is 0.235. The second-order valence-corrected chi connectivity index (χ2v) is 5.03.